The van der Waals surface area contributed by atoms with Crippen LogP contribution in [0.2, 0.25) is 0 Å². The van der Waals surface area contributed by atoms with E-state index in [2.05, 4.69) is 10.1 Å². The number of para-hydroxylation sites is 1. The Bertz CT molecular complexity index is 1060. The molecule has 0 saturated carbocycles. The average Bonchev–Trinajstić information content (AvgIpc) is 3.40. The molecule has 1 fully saturated rings. The number of methoxy groups -OCH3 is 1. The molecule has 148 valence electrons. The Morgan fingerprint density at radius 1 is 1.10 bits per heavy atom. The minimum absolute atomic E-state index is 0.00956. The smallest absolute Gasteiger partial charge is 0.261 e. The highest BCUT2D eigenvalue weighted by atomic mass is 16.6. The zero-order valence-electron chi connectivity index (χ0n) is 15.8. The van der Waals surface area contributed by atoms with Crippen molar-refractivity contribution < 1.29 is 23.5 Å². The lowest BCUT2D eigenvalue weighted by molar-refractivity contribution is -0.117. The first kappa shape index (κ1) is 17.5. The van der Waals surface area contributed by atoms with Crippen molar-refractivity contribution in [1.29, 1.82) is 0 Å². The predicted molar refractivity (Wildman–Crippen MR) is 103 cm³/mol. The number of benzene rings is 2. The lowest BCUT2D eigenvalue weighted by Gasteiger charge is -2.22. The number of aromatic nitrogens is 2. The molecule has 5 rings (SSSR count). The molecule has 0 radical (unpaired) electrons. The van der Waals surface area contributed by atoms with Crippen molar-refractivity contribution >= 4 is 11.6 Å². The molecule has 2 aromatic carbocycles. The van der Waals surface area contributed by atoms with Crippen LogP contribution in [0.5, 0.6) is 17.2 Å². The van der Waals surface area contributed by atoms with Crippen molar-refractivity contribution in [2.75, 3.05) is 31.8 Å². The van der Waals surface area contributed by atoms with Gasteiger partial charge in [-0.15, -0.1) is 0 Å². The second-order valence-electron chi connectivity index (χ2n) is 6.89. The van der Waals surface area contributed by atoms with Crippen molar-refractivity contribution in [3.63, 3.8) is 0 Å². The lowest BCUT2D eigenvalue weighted by atomic mass is 10.1. The van der Waals surface area contributed by atoms with Gasteiger partial charge in [0.05, 0.1) is 12.7 Å². The summed E-state index contributed by atoms with van der Waals surface area (Å²) in [5, 5.41) is 4.12. The van der Waals surface area contributed by atoms with E-state index in [0.717, 1.165) is 11.3 Å². The second-order valence-corrected chi connectivity index (χ2v) is 6.89. The Labute approximate surface area is 167 Å². The Morgan fingerprint density at radius 3 is 2.79 bits per heavy atom. The monoisotopic (exact) mass is 393 g/mol. The van der Waals surface area contributed by atoms with Crippen molar-refractivity contribution in [2.45, 2.75) is 12.3 Å². The van der Waals surface area contributed by atoms with Gasteiger partial charge in [-0.3, -0.25) is 4.79 Å². The van der Waals surface area contributed by atoms with Crippen LogP contribution in [0.3, 0.4) is 0 Å². The van der Waals surface area contributed by atoms with Crippen LogP contribution in [0.15, 0.2) is 47.0 Å². The highest BCUT2D eigenvalue weighted by molar-refractivity contribution is 5.96. The van der Waals surface area contributed by atoms with Gasteiger partial charge in [0.2, 0.25) is 5.91 Å². The molecule has 0 aliphatic carbocycles. The van der Waals surface area contributed by atoms with Crippen LogP contribution in [-0.4, -0.2) is 42.9 Å². The minimum atomic E-state index is -0.150. The van der Waals surface area contributed by atoms with E-state index in [1.54, 1.807) is 12.0 Å². The summed E-state index contributed by atoms with van der Waals surface area (Å²) >= 11 is 0. The largest absolute Gasteiger partial charge is 0.496 e. The summed E-state index contributed by atoms with van der Waals surface area (Å²) in [4.78, 5) is 18.9. The van der Waals surface area contributed by atoms with Crippen LogP contribution in [0, 0.1) is 0 Å². The number of amides is 1. The molecule has 0 bridgehead atoms. The molecular formula is C21H19N3O5. The lowest BCUT2D eigenvalue weighted by Crippen LogP contribution is -2.25. The van der Waals surface area contributed by atoms with E-state index in [1.165, 1.54) is 0 Å². The number of anilines is 1. The molecule has 3 aromatic rings. The fourth-order valence-corrected chi connectivity index (χ4v) is 3.66. The predicted octanol–water partition coefficient (Wildman–Crippen LogP) is 3.04. The number of hydrogen-bond donors (Lipinski definition) is 0. The Morgan fingerprint density at radius 2 is 1.93 bits per heavy atom. The normalized spacial score (nSPS) is 18.2. The molecule has 1 aromatic heterocycles. The number of ether oxygens (including phenoxy) is 3. The molecule has 0 N–H and O–H groups in total. The summed E-state index contributed by atoms with van der Waals surface area (Å²) in [5.41, 5.74) is 1.50. The van der Waals surface area contributed by atoms with E-state index in [9.17, 15) is 4.79 Å². The molecule has 2 aliphatic rings. The second kappa shape index (κ2) is 7.12. The fourth-order valence-electron chi connectivity index (χ4n) is 3.66. The third kappa shape index (κ3) is 3.16. The molecular weight excluding hydrogens is 374 g/mol. The van der Waals surface area contributed by atoms with E-state index in [1.807, 2.05) is 42.5 Å². The first-order valence-electron chi connectivity index (χ1n) is 9.40. The van der Waals surface area contributed by atoms with Crippen molar-refractivity contribution in [3.05, 3.63) is 48.3 Å². The summed E-state index contributed by atoms with van der Waals surface area (Å²) in [6, 6.07) is 13.0. The van der Waals surface area contributed by atoms with Gasteiger partial charge in [-0.1, -0.05) is 17.3 Å². The Hall–Kier alpha value is -3.55. The maximum Gasteiger partial charge on any atom is 0.261 e. The van der Waals surface area contributed by atoms with Crippen LogP contribution in [0.25, 0.3) is 11.5 Å². The number of carbonyl (C=O) groups is 1. The van der Waals surface area contributed by atoms with Gasteiger partial charge in [0.15, 0.2) is 17.3 Å². The van der Waals surface area contributed by atoms with Crippen molar-refractivity contribution in [2.24, 2.45) is 0 Å². The van der Waals surface area contributed by atoms with E-state index in [0.29, 0.717) is 55.1 Å². The van der Waals surface area contributed by atoms with Gasteiger partial charge in [0.25, 0.3) is 5.89 Å². The molecule has 8 heteroatoms. The van der Waals surface area contributed by atoms with Crippen LogP contribution >= 0.6 is 0 Å². The molecule has 2 aliphatic heterocycles. The third-order valence-corrected chi connectivity index (χ3v) is 5.11. The van der Waals surface area contributed by atoms with Gasteiger partial charge in [-0.05, 0) is 24.3 Å². The number of nitrogens with zero attached hydrogens (tertiary/aromatic N) is 3. The van der Waals surface area contributed by atoms with Gasteiger partial charge in [0.1, 0.15) is 19.0 Å². The van der Waals surface area contributed by atoms with Crippen LogP contribution < -0.4 is 19.1 Å². The van der Waals surface area contributed by atoms with E-state index >= 15 is 0 Å². The average molecular weight is 393 g/mol. The Balaban J connectivity index is 1.38. The first-order valence-corrected chi connectivity index (χ1v) is 9.40. The topological polar surface area (TPSA) is 86.9 Å². The van der Waals surface area contributed by atoms with Gasteiger partial charge < -0.3 is 23.6 Å². The minimum Gasteiger partial charge on any atom is -0.496 e. The van der Waals surface area contributed by atoms with Crippen LogP contribution in [0.1, 0.15) is 18.2 Å². The maximum atomic E-state index is 12.7. The van der Waals surface area contributed by atoms with Crippen molar-refractivity contribution in [1.82, 2.24) is 10.1 Å². The van der Waals surface area contributed by atoms with Gasteiger partial charge in [0, 0.05) is 30.6 Å². The Kier molecular flexibility index (Phi) is 4.31. The molecule has 1 saturated heterocycles. The van der Waals surface area contributed by atoms with Gasteiger partial charge in [-0.25, -0.2) is 0 Å². The third-order valence-electron chi connectivity index (χ3n) is 5.11. The number of hydrogen-bond acceptors (Lipinski definition) is 7. The SMILES string of the molecule is COc1ccccc1-c1nc(C2CC(=O)N(c3ccc4c(c3)OCCO4)C2)no1. The highest BCUT2D eigenvalue weighted by Crippen LogP contribution is 2.38. The van der Waals surface area contributed by atoms with E-state index in [-0.39, 0.29) is 11.8 Å². The summed E-state index contributed by atoms with van der Waals surface area (Å²) in [7, 11) is 1.59. The van der Waals surface area contributed by atoms with E-state index in [4.69, 9.17) is 18.7 Å². The number of rotatable bonds is 4. The van der Waals surface area contributed by atoms with E-state index < -0.39 is 0 Å². The molecule has 8 nitrogen and oxygen atoms in total. The molecule has 1 unspecified atom stereocenters. The molecule has 29 heavy (non-hydrogen) atoms. The maximum absolute atomic E-state index is 12.7. The van der Waals surface area contributed by atoms with Crippen LogP contribution in [-0.2, 0) is 4.79 Å². The quantitative estimate of drug-likeness (QED) is 0.673. The van der Waals surface area contributed by atoms with Gasteiger partial charge in [-0.2, -0.15) is 4.98 Å². The summed E-state index contributed by atoms with van der Waals surface area (Å²) in [6.45, 7) is 1.51. The molecule has 0 spiro atoms. The molecule has 3 heterocycles. The first-order chi connectivity index (χ1) is 14.2. The molecule has 1 atom stereocenters. The van der Waals surface area contributed by atoms with Gasteiger partial charge >= 0.3 is 0 Å². The van der Waals surface area contributed by atoms with Crippen molar-refractivity contribution in [3.8, 4) is 28.7 Å². The summed E-state index contributed by atoms with van der Waals surface area (Å²) < 4.78 is 22.0. The number of carbonyl (C=O) groups excluding carboxylic acids is 1. The standard InChI is InChI=1S/C21H19N3O5/c1-26-16-5-3-2-4-15(16)21-22-20(23-29-21)13-10-19(25)24(12-13)14-6-7-17-18(11-14)28-9-8-27-17/h2-7,11,13H,8-10,12H2,1H3. The summed E-state index contributed by atoms with van der Waals surface area (Å²) in [5.74, 6) is 2.76. The zero-order valence-corrected chi connectivity index (χ0v) is 15.8. The summed E-state index contributed by atoms with van der Waals surface area (Å²) in [6.07, 6.45) is 0.319. The zero-order chi connectivity index (χ0) is 19.8. The fraction of sp³-hybridized carbons (Fsp3) is 0.286. The number of fused-ring (bicyclic) bond motifs is 1. The molecule has 1 amide bonds. The highest BCUT2D eigenvalue weighted by Gasteiger charge is 2.35. The van der Waals surface area contributed by atoms with Crippen LogP contribution in [0.4, 0.5) is 5.69 Å².